The van der Waals surface area contributed by atoms with Crippen molar-refractivity contribution in [3.05, 3.63) is 46.8 Å². The van der Waals surface area contributed by atoms with Crippen LogP contribution >= 0.6 is 0 Å². The van der Waals surface area contributed by atoms with Gasteiger partial charge in [0.15, 0.2) is 0 Å². The van der Waals surface area contributed by atoms with Crippen molar-refractivity contribution in [2.45, 2.75) is 53.4 Å². The van der Waals surface area contributed by atoms with E-state index in [1.807, 2.05) is 0 Å². The summed E-state index contributed by atoms with van der Waals surface area (Å²) in [6.07, 6.45) is -4.56. The smallest absolute Gasteiger partial charge is 0.351 e. The van der Waals surface area contributed by atoms with E-state index >= 15 is 0 Å². The van der Waals surface area contributed by atoms with E-state index in [4.69, 9.17) is 5.73 Å². The van der Waals surface area contributed by atoms with Gasteiger partial charge < -0.3 is 11.1 Å². The quantitative estimate of drug-likeness (QED) is 0.850. The number of carbonyl (C=O) groups is 1. The topological polar surface area (TPSA) is 72.9 Å². The van der Waals surface area contributed by atoms with Gasteiger partial charge in [-0.1, -0.05) is 26.8 Å². The van der Waals surface area contributed by atoms with Crippen LogP contribution in [0, 0.1) is 19.3 Å². The van der Waals surface area contributed by atoms with E-state index in [2.05, 4.69) is 10.4 Å². The molecule has 27 heavy (non-hydrogen) atoms. The maximum atomic E-state index is 13.6. The number of hydrogen-bond acceptors (Lipinski definition) is 3. The van der Waals surface area contributed by atoms with Gasteiger partial charge in [-0.15, -0.1) is 0 Å². The summed E-state index contributed by atoms with van der Waals surface area (Å²) >= 11 is 0. The van der Waals surface area contributed by atoms with Crippen molar-refractivity contribution in [3.8, 4) is 5.69 Å². The summed E-state index contributed by atoms with van der Waals surface area (Å²) in [5.41, 5.74) is 6.30. The number of amides is 1. The van der Waals surface area contributed by atoms with Crippen molar-refractivity contribution >= 4 is 5.91 Å². The standard InChI is InChI=1S/C19H25F3N4O/c1-11-8-12(2)26(25-11)14-7-6-13(15(9-14)19(20,21)22)10-24-17(27)16(23)18(3,4)5/h6-9,16H,10,23H2,1-5H3,(H,24,27)/t16-/m1/s1. The summed E-state index contributed by atoms with van der Waals surface area (Å²) in [7, 11) is 0. The van der Waals surface area contributed by atoms with Gasteiger partial charge >= 0.3 is 6.18 Å². The van der Waals surface area contributed by atoms with Gasteiger partial charge in [0.2, 0.25) is 5.91 Å². The first-order valence-corrected chi connectivity index (χ1v) is 8.58. The molecule has 0 spiro atoms. The van der Waals surface area contributed by atoms with E-state index in [-0.39, 0.29) is 12.1 Å². The van der Waals surface area contributed by atoms with Gasteiger partial charge in [0.25, 0.3) is 0 Å². The molecule has 1 amide bonds. The number of benzene rings is 1. The van der Waals surface area contributed by atoms with Crippen molar-refractivity contribution in [1.82, 2.24) is 15.1 Å². The largest absolute Gasteiger partial charge is 0.416 e. The number of nitrogens with zero attached hydrogens (tertiary/aromatic N) is 2. The lowest BCUT2D eigenvalue weighted by Gasteiger charge is -2.26. The second-order valence-electron chi connectivity index (χ2n) is 7.74. The molecule has 0 radical (unpaired) electrons. The van der Waals surface area contributed by atoms with Gasteiger partial charge in [-0.05, 0) is 43.0 Å². The number of rotatable bonds is 4. The highest BCUT2D eigenvalue weighted by atomic mass is 19.4. The zero-order valence-electron chi connectivity index (χ0n) is 16.1. The predicted molar refractivity (Wildman–Crippen MR) is 97.3 cm³/mol. The van der Waals surface area contributed by atoms with Crippen LogP contribution in [0.5, 0.6) is 0 Å². The van der Waals surface area contributed by atoms with Gasteiger partial charge in [0, 0.05) is 12.2 Å². The average Bonchev–Trinajstić information content (AvgIpc) is 2.88. The Morgan fingerprint density at radius 2 is 1.85 bits per heavy atom. The lowest BCUT2D eigenvalue weighted by Crippen LogP contribution is -2.48. The van der Waals surface area contributed by atoms with Crippen molar-refractivity contribution < 1.29 is 18.0 Å². The van der Waals surface area contributed by atoms with Crippen LogP contribution in [-0.4, -0.2) is 21.7 Å². The Labute approximate surface area is 156 Å². The van der Waals surface area contributed by atoms with Crippen molar-refractivity contribution in [3.63, 3.8) is 0 Å². The minimum atomic E-state index is -4.56. The summed E-state index contributed by atoms with van der Waals surface area (Å²) in [6.45, 7) is 8.67. The molecule has 0 saturated heterocycles. The van der Waals surface area contributed by atoms with Gasteiger partial charge in [-0.2, -0.15) is 18.3 Å². The normalized spacial score (nSPS) is 13.5. The van der Waals surface area contributed by atoms with Crippen LogP contribution in [0.1, 0.15) is 43.3 Å². The first kappa shape index (κ1) is 21.0. The van der Waals surface area contributed by atoms with Gasteiger partial charge in [0.1, 0.15) is 0 Å². The number of aromatic nitrogens is 2. The summed E-state index contributed by atoms with van der Waals surface area (Å²) in [4.78, 5) is 12.1. The Morgan fingerprint density at radius 3 is 2.33 bits per heavy atom. The molecule has 1 heterocycles. The molecular formula is C19H25F3N4O. The number of hydrogen-bond donors (Lipinski definition) is 2. The molecule has 8 heteroatoms. The molecule has 2 rings (SSSR count). The number of halogens is 3. The van der Waals surface area contributed by atoms with E-state index in [9.17, 15) is 18.0 Å². The average molecular weight is 382 g/mol. The third kappa shape index (κ3) is 4.88. The molecule has 3 N–H and O–H groups in total. The monoisotopic (exact) mass is 382 g/mol. The Morgan fingerprint density at radius 1 is 1.22 bits per heavy atom. The zero-order chi connectivity index (χ0) is 20.6. The summed E-state index contributed by atoms with van der Waals surface area (Å²) in [5.74, 6) is -0.488. The van der Waals surface area contributed by atoms with Crippen LogP contribution in [0.2, 0.25) is 0 Å². The SMILES string of the molecule is Cc1cc(C)n(-c2ccc(CNC(=O)[C@@H](N)C(C)(C)C)c(C(F)(F)F)c2)n1. The van der Waals surface area contributed by atoms with Crippen LogP contribution in [0.15, 0.2) is 24.3 Å². The third-order valence-electron chi connectivity index (χ3n) is 4.32. The van der Waals surface area contributed by atoms with Crippen LogP contribution in [-0.2, 0) is 17.5 Å². The van der Waals surface area contributed by atoms with Crippen molar-refractivity contribution in [1.29, 1.82) is 0 Å². The summed E-state index contributed by atoms with van der Waals surface area (Å²) in [5, 5.41) is 6.73. The van der Waals surface area contributed by atoms with E-state index in [1.165, 1.54) is 10.7 Å². The summed E-state index contributed by atoms with van der Waals surface area (Å²) < 4.78 is 42.1. The molecular weight excluding hydrogens is 357 g/mol. The number of alkyl halides is 3. The molecule has 0 aliphatic rings. The van der Waals surface area contributed by atoms with Crippen LogP contribution < -0.4 is 11.1 Å². The first-order chi connectivity index (χ1) is 12.3. The van der Waals surface area contributed by atoms with Gasteiger partial charge in [-0.25, -0.2) is 4.68 Å². The molecule has 0 saturated carbocycles. The Bertz CT molecular complexity index is 834. The Balaban J connectivity index is 2.32. The fourth-order valence-corrected chi connectivity index (χ4v) is 2.69. The highest BCUT2D eigenvalue weighted by molar-refractivity contribution is 5.82. The third-order valence-corrected chi connectivity index (χ3v) is 4.32. The van der Waals surface area contributed by atoms with Crippen LogP contribution in [0.3, 0.4) is 0 Å². The Hall–Kier alpha value is -2.35. The molecule has 0 unspecified atom stereocenters. The van der Waals surface area contributed by atoms with Crippen LogP contribution in [0.25, 0.3) is 5.69 Å². The number of nitrogens with two attached hydrogens (primary N) is 1. The maximum Gasteiger partial charge on any atom is 0.416 e. The lowest BCUT2D eigenvalue weighted by molar-refractivity contribution is -0.138. The lowest BCUT2D eigenvalue weighted by atomic mass is 9.87. The molecule has 0 fully saturated rings. The molecule has 148 valence electrons. The summed E-state index contributed by atoms with van der Waals surface area (Å²) in [6, 6.07) is 4.93. The molecule has 5 nitrogen and oxygen atoms in total. The number of aryl methyl sites for hydroxylation is 2. The van der Waals surface area contributed by atoms with E-state index in [0.717, 1.165) is 11.8 Å². The molecule has 0 aliphatic carbocycles. The van der Waals surface area contributed by atoms with Crippen molar-refractivity contribution in [2.75, 3.05) is 0 Å². The zero-order valence-corrected chi connectivity index (χ0v) is 16.1. The van der Waals surface area contributed by atoms with E-state index in [0.29, 0.717) is 11.4 Å². The highest BCUT2D eigenvalue weighted by Gasteiger charge is 2.34. The fourth-order valence-electron chi connectivity index (χ4n) is 2.69. The van der Waals surface area contributed by atoms with Gasteiger partial charge in [0.05, 0.1) is 23.0 Å². The number of nitrogens with one attached hydrogen (secondary N) is 1. The maximum absolute atomic E-state index is 13.6. The minimum absolute atomic E-state index is 0.0257. The first-order valence-electron chi connectivity index (χ1n) is 8.58. The number of carbonyl (C=O) groups excluding carboxylic acids is 1. The fraction of sp³-hybridized carbons (Fsp3) is 0.474. The molecule has 1 aromatic heterocycles. The van der Waals surface area contributed by atoms with E-state index < -0.39 is 29.1 Å². The predicted octanol–water partition coefficient (Wildman–Crippen LogP) is 3.50. The highest BCUT2D eigenvalue weighted by Crippen LogP contribution is 2.33. The van der Waals surface area contributed by atoms with Crippen molar-refractivity contribution in [2.24, 2.45) is 11.1 Å². The molecule has 0 bridgehead atoms. The Kier molecular flexibility index (Phi) is 5.70. The minimum Gasteiger partial charge on any atom is -0.351 e. The second kappa shape index (κ2) is 7.34. The molecule has 1 atom stereocenters. The molecule has 1 aromatic carbocycles. The van der Waals surface area contributed by atoms with Crippen LogP contribution in [0.4, 0.5) is 13.2 Å². The molecule has 2 aromatic rings. The molecule has 0 aliphatic heterocycles. The van der Waals surface area contributed by atoms with Gasteiger partial charge in [-0.3, -0.25) is 4.79 Å². The second-order valence-corrected chi connectivity index (χ2v) is 7.74. The van der Waals surface area contributed by atoms with E-state index in [1.54, 1.807) is 46.8 Å².